The molecule has 0 radical (unpaired) electrons. The van der Waals surface area contributed by atoms with Gasteiger partial charge in [-0.3, -0.25) is 9.59 Å². The minimum absolute atomic E-state index is 0.0997. The van der Waals surface area contributed by atoms with Gasteiger partial charge in [-0.05, 0) is 25.0 Å². The first-order chi connectivity index (χ1) is 9.10. The molecule has 1 aliphatic rings. The Morgan fingerprint density at radius 3 is 3.05 bits per heavy atom. The fourth-order valence-corrected chi connectivity index (χ4v) is 2.08. The van der Waals surface area contributed by atoms with E-state index in [0.717, 1.165) is 12.1 Å². The third kappa shape index (κ3) is 3.21. The fraction of sp³-hybridized carbons (Fsp3) is 0.462. The van der Waals surface area contributed by atoms with E-state index in [1.54, 1.807) is 17.0 Å². The second-order valence-corrected chi connectivity index (χ2v) is 4.56. The molecule has 102 valence electrons. The summed E-state index contributed by atoms with van der Waals surface area (Å²) in [4.78, 5) is 29.6. The number of anilines is 1. The number of hydrogen-bond acceptors (Lipinski definition) is 4. The average molecular weight is 262 g/mol. The Kier molecular flexibility index (Phi) is 3.99. The van der Waals surface area contributed by atoms with Crippen LogP contribution in [0, 0.1) is 0 Å². The molecular formula is C13H18N4O2. The highest BCUT2D eigenvalue weighted by molar-refractivity contribution is 5.97. The van der Waals surface area contributed by atoms with Crippen LogP contribution in [0.4, 0.5) is 5.82 Å². The van der Waals surface area contributed by atoms with Gasteiger partial charge in [0.15, 0.2) is 0 Å². The lowest BCUT2D eigenvalue weighted by molar-refractivity contribution is -0.121. The maximum Gasteiger partial charge on any atom is 0.254 e. The predicted molar refractivity (Wildman–Crippen MR) is 71.6 cm³/mol. The van der Waals surface area contributed by atoms with Crippen molar-refractivity contribution < 1.29 is 9.59 Å². The van der Waals surface area contributed by atoms with Gasteiger partial charge in [-0.25, -0.2) is 4.98 Å². The van der Waals surface area contributed by atoms with Gasteiger partial charge in [-0.15, -0.1) is 0 Å². The molecule has 1 aromatic heterocycles. The zero-order valence-electron chi connectivity index (χ0n) is 11.0. The standard InChI is InChI=1S/C13H18N4O2/c1-2-10-6-9(7-11(14)16-10)13(19)17-5-3-4-15-12(18)8-17/h6-7H,2-5,8H2,1H3,(H2,14,16)(H,15,18). The number of nitrogen functional groups attached to an aromatic ring is 1. The summed E-state index contributed by atoms with van der Waals surface area (Å²) < 4.78 is 0. The number of aromatic nitrogens is 1. The fourth-order valence-electron chi connectivity index (χ4n) is 2.08. The van der Waals surface area contributed by atoms with Crippen LogP contribution in [0.15, 0.2) is 12.1 Å². The number of pyridine rings is 1. The molecule has 0 unspecified atom stereocenters. The van der Waals surface area contributed by atoms with E-state index < -0.39 is 0 Å². The van der Waals surface area contributed by atoms with Gasteiger partial charge in [0, 0.05) is 24.3 Å². The predicted octanol–water partition coefficient (Wildman–Crippen LogP) is 0.188. The molecule has 1 fully saturated rings. The monoisotopic (exact) mass is 262 g/mol. The van der Waals surface area contributed by atoms with Crippen LogP contribution in [0.2, 0.25) is 0 Å². The van der Waals surface area contributed by atoms with Gasteiger partial charge < -0.3 is 16.0 Å². The average Bonchev–Trinajstić information content (AvgIpc) is 2.61. The van der Waals surface area contributed by atoms with Crippen LogP contribution in [0.25, 0.3) is 0 Å². The second-order valence-electron chi connectivity index (χ2n) is 4.56. The van der Waals surface area contributed by atoms with Gasteiger partial charge in [0.1, 0.15) is 5.82 Å². The van der Waals surface area contributed by atoms with E-state index in [4.69, 9.17) is 5.73 Å². The maximum atomic E-state index is 12.4. The van der Waals surface area contributed by atoms with Gasteiger partial charge >= 0.3 is 0 Å². The molecule has 0 saturated carbocycles. The van der Waals surface area contributed by atoms with Crippen LogP contribution >= 0.6 is 0 Å². The van der Waals surface area contributed by atoms with Crippen molar-refractivity contribution in [3.05, 3.63) is 23.4 Å². The topological polar surface area (TPSA) is 88.3 Å². The summed E-state index contributed by atoms with van der Waals surface area (Å²) in [6.45, 7) is 3.24. The van der Waals surface area contributed by atoms with Gasteiger partial charge in [-0.2, -0.15) is 0 Å². The number of nitrogens with zero attached hydrogens (tertiary/aromatic N) is 2. The summed E-state index contributed by atoms with van der Waals surface area (Å²) in [6, 6.07) is 3.30. The number of hydrogen-bond donors (Lipinski definition) is 2. The van der Waals surface area contributed by atoms with Gasteiger partial charge in [-0.1, -0.05) is 6.92 Å². The van der Waals surface area contributed by atoms with E-state index in [1.165, 1.54) is 0 Å². The van der Waals surface area contributed by atoms with Crippen molar-refractivity contribution in [3.8, 4) is 0 Å². The molecule has 6 nitrogen and oxygen atoms in total. The van der Waals surface area contributed by atoms with Crippen molar-refractivity contribution in [2.24, 2.45) is 0 Å². The Morgan fingerprint density at radius 2 is 2.32 bits per heavy atom. The van der Waals surface area contributed by atoms with Gasteiger partial charge in [0.05, 0.1) is 6.54 Å². The molecular weight excluding hydrogens is 244 g/mol. The van der Waals surface area contributed by atoms with E-state index in [0.29, 0.717) is 30.9 Å². The highest BCUT2D eigenvalue weighted by Gasteiger charge is 2.21. The van der Waals surface area contributed by atoms with Gasteiger partial charge in [0.25, 0.3) is 5.91 Å². The number of aryl methyl sites for hydroxylation is 1. The Hall–Kier alpha value is -2.11. The largest absolute Gasteiger partial charge is 0.384 e. The quantitative estimate of drug-likeness (QED) is 0.796. The van der Waals surface area contributed by atoms with Crippen molar-refractivity contribution in [1.82, 2.24) is 15.2 Å². The normalized spacial score (nSPS) is 15.8. The number of nitrogens with two attached hydrogens (primary N) is 1. The molecule has 2 heterocycles. The van der Waals surface area contributed by atoms with Crippen molar-refractivity contribution >= 4 is 17.6 Å². The van der Waals surface area contributed by atoms with Crippen LogP contribution in [-0.4, -0.2) is 41.3 Å². The Morgan fingerprint density at radius 1 is 1.53 bits per heavy atom. The van der Waals surface area contributed by atoms with E-state index in [9.17, 15) is 9.59 Å². The van der Waals surface area contributed by atoms with Crippen LogP contribution in [0.5, 0.6) is 0 Å². The Bertz CT molecular complexity index is 501. The first-order valence-corrected chi connectivity index (χ1v) is 6.42. The number of carbonyl (C=O) groups is 2. The molecule has 6 heteroatoms. The SMILES string of the molecule is CCc1cc(C(=O)N2CCCNC(=O)C2)cc(N)n1. The molecule has 0 bridgehead atoms. The highest BCUT2D eigenvalue weighted by Crippen LogP contribution is 2.12. The van der Waals surface area contributed by atoms with Crippen molar-refractivity contribution in [1.29, 1.82) is 0 Å². The molecule has 2 amide bonds. The molecule has 2 rings (SSSR count). The number of nitrogens with one attached hydrogen (secondary N) is 1. The van der Waals surface area contributed by atoms with Crippen LogP contribution in [0.1, 0.15) is 29.4 Å². The third-order valence-electron chi connectivity index (χ3n) is 3.06. The summed E-state index contributed by atoms with van der Waals surface area (Å²) in [5.74, 6) is 0.0476. The number of rotatable bonds is 2. The molecule has 1 aliphatic heterocycles. The second kappa shape index (κ2) is 5.69. The lowest BCUT2D eigenvalue weighted by Gasteiger charge is -2.19. The summed E-state index contributed by atoms with van der Waals surface area (Å²) in [7, 11) is 0. The third-order valence-corrected chi connectivity index (χ3v) is 3.06. The molecule has 0 aliphatic carbocycles. The molecule has 0 atom stereocenters. The smallest absolute Gasteiger partial charge is 0.254 e. The van der Waals surface area contributed by atoms with Crippen molar-refractivity contribution in [2.45, 2.75) is 19.8 Å². The minimum atomic E-state index is -0.166. The Labute approximate surface area is 112 Å². The molecule has 3 N–H and O–H groups in total. The molecule has 0 aromatic carbocycles. The van der Waals surface area contributed by atoms with Crippen LogP contribution in [-0.2, 0) is 11.2 Å². The number of carbonyl (C=O) groups excluding carboxylic acids is 2. The lowest BCUT2D eigenvalue weighted by Crippen LogP contribution is -2.37. The Balaban J connectivity index is 2.22. The first-order valence-electron chi connectivity index (χ1n) is 6.42. The van der Waals surface area contributed by atoms with E-state index in [-0.39, 0.29) is 18.4 Å². The first kappa shape index (κ1) is 13.3. The molecule has 1 saturated heterocycles. The lowest BCUT2D eigenvalue weighted by atomic mass is 10.1. The summed E-state index contributed by atoms with van der Waals surface area (Å²) >= 11 is 0. The molecule has 0 spiro atoms. The highest BCUT2D eigenvalue weighted by atomic mass is 16.2. The van der Waals surface area contributed by atoms with Crippen LogP contribution < -0.4 is 11.1 Å². The molecule has 1 aromatic rings. The van der Waals surface area contributed by atoms with Gasteiger partial charge in [0.2, 0.25) is 5.91 Å². The zero-order valence-corrected chi connectivity index (χ0v) is 11.0. The zero-order chi connectivity index (χ0) is 13.8. The molecule has 19 heavy (non-hydrogen) atoms. The van der Waals surface area contributed by atoms with Crippen molar-refractivity contribution in [2.75, 3.05) is 25.4 Å². The number of amides is 2. The van der Waals surface area contributed by atoms with Crippen LogP contribution in [0.3, 0.4) is 0 Å². The maximum absolute atomic E-state index is 12.4. The summed E-state index contributed by atoms with van der Waals surface area (Å²) in [6.07, 6.45) is 1.48. The van der Waals surface area contributed by atoms with E-state index >= 15 is 0 Å². The van der Waals surface area contributed by atoms with E-state index in [2.05, 4.69) is 10.3 Å². The summed E-state index contributed by atoms with van der Waals surface area (Å²) in [5.41, 5.74) is 6.98. The van der Waals surface area contributed by atoms with E-state index in [1.807, 2.05) is 6.92 Å². The van der Waals surface area contributed by atoms with Crippen molar-refractivity contribution in [3.63, 3.8) is 0 Å². The minimum Gasteiger partial charge on any atom is -0.384 e. The summed E-state index contributed by atoms with van der Waals surface area (Å²) in [5, 5.41) is 2.74.